The van der Waals surface area contributed by atoms with Crippen molar-refractivity contribution in [1.29, 1.82) is 0 Å². The van der Waals surface area contributed by atoms with Crippen molar-refractivity contribution < 1.29 is 13.2 Å². The molecule has 172 valence electrons. The number of aromatic nitrogens is 1. The maximum absolute atomic E-state index is 13.1. The number of halogens is 2. The van der Waals surface area contributed by atoms with Gasteiger partial charge in [-0.15, -0.1) is 0 Å². The fourth-order valence-corrected chi connectivity index (χ4v) is 6.06. The number of nitrogens with zero attached hydrogens (tertiary/aromatic N) is 2. The van der Waals surface area contributed by atoms with Gasteiger partial charge in [-0.05, 0) is 56.7 Å². The molecule has 1 amide bonds. The van der Waals surface area contributed by atoms with Gasteiger partial charge in [0, 0.05) is 11.7 Å². The second-order valence-corrected chi connectivity index (χ2v) is 11.3. The third-order valence-electron chi connectivity index (χ3n) is 4.88. The monoisotopic (exact) mass is 515 g/mol. The van der Waals surface area contributed by atoms with E-state index in [4.69, 9.17) is 23.2 Å². The van der Waals surface area contributed by atoms with Gasteiger partial charge in [0.2, 0.25) is 15.9 Å². The Morgan fingerprint density at radius 2 is 1.84 bits per heavy atom. The van der Waals surface area contributed by atoms with E-state index in [0.717, 1.165) is 32.1 Å². The molecule has 0 bridgehead atoms. The van der Waals surface area contributed by atoms with Gasteiger partial charge in [-0.3, -0.25) is 18.5 Å². The Kier molecular flexibility index (Phi) is 7.24. The summed E-state index contributed by atoms with van der Waals surface area (Å²) in [5.74, 6) is -0.501. The molecule has 0 aliphatic carbocycles. The van der Waals surface area contributed by atoms with Gasteiger partial charge in [-0.2, -0.15) is 0 Å². The fourth-order valence-electron chi connectivity index (χ4n) is 3.51. The number of benzene rings is 2. The molecular weight excluding hydrogens is 493 g/mol. The molecule has 3 rings (SSSR count). The average Bonchev–Trinajstić information content (AvgIpc) is 3.02. The smallest absolute Gasteiger partial charge is 0.308 e. The van der Waals surface area contributed by atoms with E-state index in [1.165, 1.54) is 18.2 Å². The number of sulfonamides is 1. The molecule has 0 radical (unpaired) electrons. The lowest BCUT2D eigenvalue weighted by Gasteiger charge is -2.30. The van der Waals surface area contributed by atoms with E-state index in [2.05, 4.69) is 5.32 Å². The Morgan fingerprint density at radius 3 is 2.41 bits per heavy atom. The second-order valence-electron chi connectivity index (χ2n) is 7.58. The minimum Gasteiger partial charge on any atom is -0.324 e. The highest BCUT2D eigenvalue weighted by Crippen LogP contribution is 2.31. The highest BCUT2D eigenvalue weighted by atomic mass is 35.5. The number of carbonyl (C=O) groups is 1. The first-order valence-corrected chi connectivity index (χ1v) is 13.3. The molecule has 0 fully saturated rings. The van der Waals surface area contributed by atoms with Crippen LogP contribution in [0.2, 0.25) is 10.0 Å². The van der Waals surface area contributed by atoms with Crippen LogP contribution in [-0.2, 0) is 14.8 Å². The van der Waals surface area contributed by atoms with E-state index in [-0.39, 0.29) is 33.1 Å². The van der Waals surface area contributed by atoms with Crippen LogP contribution in [-0.4, -0.2) is 31.2 Å². The van der Waals surface area contributed by atoms with Crippen LogP contribution in [0.25, 0.3) is 10.2 Å². The zero-order valence-electron chi connectivity index (χ0n) is 17.9. The van der Waals surface area contributed by atoms with Gasteiger partial charge in [-0.25, -0.2) is 8.42 Å². The second kappa shape index (κ2) is 9.43. The van der Waals surface area contributed by atoms with Crippen LogP contribution in [0, 0.1) is 0 Å². The van der Waals surface area contributed by atoms with Crippen LogP contribution in [0.1, 0.15) is 33.2 Å². The van der Waals surface area contributed by atoms with E-state index in [0.29, 0.717) is 5.69 Å². The van der Waals surface area contributed by atoms with E-state index in [1.807, 2.05) is 13.8 Å². The Bertz CT molecular complexity index is 1330. The average molecular weight is 516 g/mol. The molecule has 0 saturated heterocycles. The van der Waals surface area contributed by atoms with E-state index < -0.39 is 22.0 Å². The molecular formula is C21H23Cl2N3O4S2. The van der Waals surface area contributed by atoms with Gasteiger partial charge in [0.25, 0.3) is 0 Å². The molecule has 1 heterocycles. The van der Waals surface area contributed by atoms with Crippen molar-refractivity contribution in [2.45, 2.75) is 39.3 Å². The van der Waals surface area contributed by atoms with Gasteiger partial charge in [0.05, 0.1) is 32.2 Å². The summed E-state index contributed by atoms with van der Waals surface area (Å²) in [6.07, 6.45) is 1.25. The zero-order chi connectivity index (χ0) is 23.8. The summed E-state index contributed by atoms with van der Waals surface area (Å²) >= 11 is 13.1. The number of hydrogen-bond acceptors (Lipinski definition) is 5. The highest BCUT2D eigenvalue weighted by Gasteiger charge is 2.32. The molecule has 1 unspecified atom stereocenters. The van der Waals surface area contributed by atoms with Crippen LogP contribution in [0.5, 0.6) is 0 Å². The van der Waals surface area contributed by atoms with Crippen molar-refractivity contribution in [3.8, 4) is 0 Å². The SMILES string of the molecule is CCC(C(=O)Nc1ccc2c(c1)sc(=O)n2C(C)C)N(c1ccc(Cl)c(Cl)c1)S(C)(=O)=O. The molecule has 0 spiro atoms. The lowest BCUT2D eigenvalue weighted by atomic mass is 10.1. The van der Waals surface area contributed by atoms with Crippen LogP contribution in [0.4, 0.5) is 11.4 Å². The third kappa shape index (κ3) is 4.96. The summed E-state index contributed by atoms with van der Waals surface area (Å²) in [6.45, 7) is 5.58. The van der Waals surface area contributed by atoms with Crippen LogP contribution < -0.4 is 14.5 Å². The predicted octanol–water partition coefficient (Wildman–Crippen LogP) is 5.13. The summed E-state index contributed by atoms with van der Waals surface area (Å²) in [5.41, 5.74) is 1.50. The number of carbonyl (C=O) groups excluding carboxylic acids is 1. The van der Waals surface area contributed by atoms with Gasteiger partial charge in [0.1, 0.15) is 6.04 Å². The molecule has 1 atom stereocenters. The molecule has 1 aromatic heterocycles. The first kappa shape index (κ1) is 24.6. The number of thiazole rings is 1. The Balaban J connectivity index is 1.96. The van der Waals surface area contributed by atoms with Gasteiger partial charge in [-0.1, -0.05) is 41.5 Å². The predicted molar refractivity (Wildman–Crippen MR) is 133 cm³/mol. The van der Waals surface area contributed by atoms with E-state index >= 15 is 0 Å². The van der Waals surface area contributed by atoms with Crippen LogP contribution in [0.15, 0.2) is 41.2 Å². The van der Waals surface area contributed by atoms with Crippen molar-refractivity contribution in [3.63, 3.8) is 0 Å². The minimum atomic E-state index is -3.81. The van der Waals surface area contributed by atoms with Crippen molar-refractivity contribution in [3.05, 3.63) is 56.1 Å². The number of nitrogens with one attached hydrogen (secondary N) is 1. The maximum atomic E-state index is 13.1. The summed E-state index contributed by atoms with van der Waals surface area (Å²) in [5, 5.41) is 3.25. The molecule has 32 heavy (non-hydrogen) atoms. The molecule has 1 N–H and O–H groups in total. The molecule has 7 nitrogen and oxygen atoms in total. The molecule has 0 saturated carbocycles. The highest BCUT2D eigenvalue weighted by molar-refractivity contribution is 7.92. The van der Waals surface area contributed by atoms with Crippen molar-refractivity contribution in [2.24, 2.45) is 0 Å². The number of amides is 1. The van der Waals surface area contributed by atoms with E-state index in [1.54, 1.807) is 29.7 Å². The molecule has 2 aromatic carbocycles. The maximum Gasteiger partial charge on any atom is 0.308 e. The summed E-state index contributed by atoms with van der Waals surface area (Å²) in [7, 11) is -3.81. The van der Waals surface area contributed by atoms with Gasteiger partial charge in [0.15, 0.2) is 0 Å². The number of anilines is 2. The molecule has 11 heteroatoms. The molecule has 0 aliphatic rings. The van der Waals surface area contributed by atoms with Crippen LogP contribution >= 0.6 is 34.5 Å². The summed E-state index contributed by atoms with van der Waals surface area (Å²) in [6, 6.07) is 8.58. The molecule has 0 aliphatic heterocycles. The minimum absolute atomic E-state index is 0.00989. The summed E-state index contributed by atoms with van der Waals surface area (Å²) < 4.78 is 28.7. The first-order valence-electron chi connectivity index (χ1n) is 9.84. The lowest BCUT2D eigenvalue weighted by molar-refractivity contribution is -0.117. The fraction of sp³-hybridized carbons (Fsp3) is 0.333. The van der Waals surface area contributed by atoms with Crippen molar-refractivity contribution in [2.75, 3.05) is 15.9 Å². The third-order valence-corrected chi connectivity index (χ3v) is 7.72. The van der Waals surface area contributed by atoms with Gasteiger partial charge >= 0.3 is 4.87 Å². The molecule has 3 aromatic rings. The normalized spacial score (nSPS) is 12.8. The Morgan fingerprint density at radius 1 is 1.16 bits per heavy atom. The zero-order valence-corrected chi connectivity index (χ0v) is 21.1. The number of rotatable bonds is 7. The van der Waals surface area contributed by atoms with Crippen LogP contribution in [0.3, 0.4) is 0 Å². The largest absolute Gasteiger partial charge is 0.324 e. The van der Waals surface area contributed by atoms with Gasteiger partial charge < -0.3 is 5.32 Å². The van der Waals surface area contributed by atoms with E-state index in [9.17, 15) is 18.0 Å². The summed E-state index contributed by atoms with van der Waals surface area (Å²) in [4.78, 5) is 25.3. The number of fused-ring (bicyclic) bond motifs is 1. The number of hydrogen-bond donors (Lipinski definition) is 1. The standard InChI is InChI=1S/C21H23Cl2N3O4S2/c1-5-17(26(32(4,29)30)14-7-8-15(22)16(23)11-14)20(27)24-13-6-9-18-19(10-13)31-21(28)25(18)12(2)3/h6-12,17H,5H2,1-4H3,(H,24,27). The van der Waals surface area contributed by atoms with Crippen molar-refractivity contribution >= 4 is 72.1 Å². The van der Waals surface area contributed by atoms with Crippen molar-refractivity contribution in [1.82, 2.24) is 4.57 Å². The first-order chi connectivity index (χ1) is 14.9. The lowest BCUT2D eigenvalue weighted by Crippen LogP contribution is -2.47. The quantitative estimate of drug-likeness (QED) is 0.472. The topological polar surface area (TPSA) is 88.5 Å². The Labute approximate surface area is 200 Å². The Hall–Kier alpha value is -2.07.